The average molecular weight is 308 g/mol. The summed E-state index contributed by atoms with van der Waals surface area (Å²) < 4.78 is 0. The highest BCUT2D eigenvalue weighted by Gasteiger charge is 2.25. The number of anilines is 1. The molecule has 0 fully saturated rings. The highest BCUT2D eigenvalue weighted by molar-refractivity contribution is 6.36. The van der Waals surface area contributed by atoms with E-state index in [1.807, 2.05) is 42.5 Å². The van der Waals surface area contributed by atoms with Crippen LogP contribution >= 0.6 is 23.2 Å². The fraction of sp³-hybridized carbons (Fsp3) is 0.250. The maximum absolute atomic E-state index is 10.2. The third-order valence-corrected chi connectivity index (χ3v) is 4.32. The number of benzene rings is 2. The molecule has 0 aliphatic carbocycles. The Labute approximate surface area is 128 Å². The van der Waals surface area contributed by atoms with E-state index in [0.29, 0.717) is 22.9 Å². The minimum Gasteiger partial charge on any atom is -0.393 e. The number of hydrogen-bond donors (Lipinski definition) is 2. The van der Waals surface area contributed by atoms with Gasteiger partial charge in [0.15, 0.2) is 0 Å². The Morgan fingerprint density at radius 1 is 1.00 bits per heavy atom. The first kappa shape index (κ1) is 13.7. The number of aliphatic hydroxyl groups is 1. The first-order valence-corrected chi connectivity index (χ1v) is 7.37. The van der Waals surface area contributed by atoms with Crippen molar-refractivity contribution in [2.45, 2.75) is 25.0 Å². The average Bonchev–Trinajstić information content (AvgIpc) is 2.56. The monoisotopic (exact) mass is 307 g/mol. The maximum atomic E-state index is 10.2. The Morgan fingerprint density at radius 2 is 1.70 bits per heavy atom. The van der Waals surface area contributed by atoms with Crippen molar-refractivity contribution in [1.82, 2.24) is 0 Å². The number of rotatable bonds is 1. The number of para-hydroxylation sites is 1. The van der Waals surface area contributed by atoms with Gasteiger partial charge >= 0.3 is 0 Å². The molecule has 1 heterocycles. The van der Waals surface area contributed by atoms with Crippen LogP contribution in [-0.4, -0.2) is 11.2 Å². The van der Waals surface area contributed by atoms with Gasteiger partial charge in [-0.25, -0.2) is 0 Å². The second-order valence-corrected chi connectivity index (χ2v) is 5.90. The zero-order chi connectivity index (χ0) is 14.1. The molecular weight excluding hydrogens is 293 g/mol. The predicted octanol–water partition coefficient (Wildman–Crippen LogP) is 4.45. The summed E-state index contributed by atoms with van der Waals surface area (Å²) in [6.45, 7) is 0. The predicted molar refractivity (Wildman–Crippen MR) is 83.6 cm³/mol. The Kier molecular flexibility index (Phi) is 3.88. The van der Waals surface area contributed by atoms with Crippen LogP contribution in [0.3, 0.4) is 0 Å². The summed E-state index contributed by atoms with van der Waals surface area (Å²) in [5.41, 5.74) is 3.00. The number of nitrogens with one attached hydrogen (secondary N) is 1. The first-order valence-electron chi connectivity index (χ1n) is 6.61. The fourth-order valence-corrected chi connectivity index (χ4v) is 3.39. The number of fused-ring (bicyclic) bond motifs is 1. The van der Waals surface area contributed by atoms with Crippen LogP contribution in [0.15, 0.2) is 42.5 Å². The van der Waals surface area contributed by atoms with Crippen molar-refractivity contribution in [3.63, 3.8) is 0 Å². The zero-order valence-electron chi connectivity index (χ0n) is 10.8. The molecule has 0 saturated heterocycles. The summed E-state index contributed by atoms with van der Waals surface area (Å²) in [5.74, 6) is 0. The van der Waals surface area contributed by atoms with E-state index in [0.717, 1.165) is 16.8 Å². The molecule has 0 saturated carbocycles. The zero-order valence-corrected chi connectivity index (χ0v) is 12.3. The van der Waals surface area contributed by atoms with Crippen LogP contribution in [0.4, 0.5) is 5.69 Å². The van der Waals surface area contributed by atoms with E-state index >= 15 is 0 Å². The smallest absolute Gasteiger partial charge is 0.0604 e. The second kappa shape index (κ2) is 5.65. The minimum atomic E-state index is -0.413. The van der Waals surface area contributed by atoms with Gasteiger partial charge in [0.1, 0.15) is 0 Å². The largest absolute Gasteiger partial charge is 0.393 e. The van der Waals surface area contributed by atoms with Crippen molar-refractivity contribution in [3.05, 3.63) is 63.6 Å². The Hall–Kier alpha value is -1.22. The summed E-state index contributed by atoms with van der Waals surface area (Å²) in [5, 5.41) is 14.9. The summed E-state index contributed by atoms with van der Waals surface area (Å²) in [6, 6.07) is 13.4. The molecule has 20 heavy (non-hydrogen) atoms. The van der Waals surface area contributed by atoms with Crippen molar-refractivity contribution in [1.29, 1.82) is 0 Å². The van der Waals surface area contributed by atoms with Crippen LogP contribution in [0, 0.1) is 0 Å². The molecule has 3 rings (SSSR count). The van der Waals surface area contributed by atoms with Crippen LogP contribution in [0.1, 0.15) is 23.6 Å². The van der Waals surface area contributed by atoms with Gasteiger partial charge in [-0.3, -0.25) is 0 Å². The number of aliphatic hydroxyl groups excluding tert-OH is 1. The third-order valence-electron chi connectivity index (χ3n) is 3.66. The molecule has 4 heteroatoms. The van der Waals surface area contributed by atoms with Crippen LogP contribution in [0.2, 0.25) is 10.0 Å². The van der Waals surface area contributed by atoms with Crippen LogP contribution < -0.4 is 5.32 Å². The van der Waals surface area contributed by atoms with E-state index in [-0.39, 0.29) is 6.04 Å². The number of halogens is 2. The Bertz CT molecular complexity index is 609. The molecule has 0 amide bonds. The van der Waals surface area contributed by atoms with E-state index < -0.39 is 6.10 Å². The van der Waals surface area contributed by atoms with Crippen molar-refractivity contribution >= 4 is 28.9 Å². The SMILES string of the molecule is O[C@@H]1Cc2ccccc2N[C@H](c2c(Cl)cccc2Cl)C1. The summed E-state index contributed by atoms with van der Waals surface area (Å²) in [6.07, 6.45) is 0.809. The number of hydrogen-bond acceptors (Lipinski definition) is 2. The molecule has 1 aliphatic heterocycles. The quantitative estimate of drug-likeness (QED) is 0.815. The van der Waals surface area contributed by atoms with Crippen molar-refractivity contribution in [2.24, 2.45) is 0 Å². The van der Waals surface area contributed by atoms with Crippen LogP contribution in [0.5, 0.6) is 0 Å². The van der Waals surface area contributed by atoms with Gasteiger partial charge in [-0.05, 0) is 30.2 Å². The molecule has 0 spiro atoms. The lowest BCUT2D eigenvalue weighted by molar-refractivity contribution is 0.161. The van der Waals surface area contributed by atoms with Gasteiger partial charge < -0.3 is 10.4 Å². The Morgan fingerprint density at radius 3 is 2.45 bits per heavy atom. The fourth-order valence-electron chi connectivity index (χ4n) is 2.73. The standard InChI is InChI=1S/C16H15Cl2NO/c17-12-5-3-6-13(18)16(12)15-9-11(20)8-10-4-1-2-7-14(10)19-15/h1-7,11,15,19-20H,8-9H2/t11-,15+/m1/s1. The summed E-state index contributed by atoms with van der Waals surface area (Å²) in [4.78, 5) is 0. The van der Waals surface area contributed by atoms with Gasteiger partial charge in [-0.1, -0.05) is 47.5 Å². The summed E-state index contributed by atoms with van der Waals surface area (Å²) >= 11 is 12.6. The van der Waals surface area contributed by atoms with E-state index in [1.165, 1.54) is 0 Å². The lowest BCUT2D eigenvalue weighted by Gasteiger charge is -2.22. The molecule has 2 atom stereocenters. The van der Waals surface area contributed by atoms with Crippen molar-refractivity contribution < 1.29 is 5.11 Å². The van der Waals surface area contributed by atoms with Gasteiger partial charge in [0, 0.05) is 27.7 Å². The molecule has 2 nitrogen and oxygen atoms in total. The van der Waals surface area contributed by atoms with Crippen molar-refractivity contribution in [3.8, 4) is 0 Å². The topological polar surface area (TPSA) is 32.3 Å². The van der Waals surface area contributed by atoms with Gasteiger partial charge in [-0.2, -0.15) is 0 Å². The lowest BCUT2D eigenvalue weighted by Crippen LogP contribution is -2.17. The van der Waals surface area contributed by atoms with E-state index in [4.69, 9.17) is 23.2 Å². The second-order valence-electron chi connectivity index (χ2n) is 5.08. The molecule has 0 unspecified atom stereocenters. The molecule has 0 radical (unpaired) electrons. The van der Waals surface area contributed by atoms with Crippen LogP contribution in [-0.2, 0) is 6.42 Å². The molecule has 104 valence electrons. The normalized spacial score (nSPS) is 21.8. The molecule has 2 aromatic rings. The molecule has 0 aromatic heterocycles. The van der Waals surface area contributed by atoms with Gasteiger partial charge in [0.25, 0.3) is 0 Å². The van der Waals surface area contributed by atoms with E-state index in [1.54, 1.807) is 0 Å². The summed E-state index contributed by atoms with van der Waals surface area (Å²) in [7, 11) is 0. The maximum Gasteiger partial charge on any atom is 0.0604 e. The molecule has 0 bridgehead atoms. The van der Waals surface area contributed by atoms with E-state index in [2.05, 4.69) is 5.32 Å². The van der Waals surface area contributed by atoms with Crippen LogP contribution in [0.25, 0.3) is 0 Å². The van der Waals surface area contributed by atoms with E-state index in [9.17, 15) is 5.11 Å². The lowest BCUT2D eigenvalue weighted by atomic mass is 9.99. The highest BCUT2D eigenvalue weighted by atomic mass is 35.5. The molecule has 2 aromatic carbocycles. The van der Waals surface area contributed by atoms with Gasteiger partial charge in [0.05, 0.1) is 12.1 Å². The first-order chi connectivity index (χ1) is 9.65. The van der Waals surface area contributed by atoms with Gasteiger partial charge in [0.2, 0.25) is 0 Å². The van der Waals surface area contributed by atoms with Gasteiger partial charge in [-0.15, -0.1) is 0 Å². The minimum absolute atomic E-state index is 0.0881. The van der Waals surface area contributed by atoms with Crippen molar-refractivity contribution in [2.75, 3.05) is 5.32 Å². The Balaban J connectivity index is 2.03. The highest BCUT2D eigenvalue weighted by Crippen LogP contribution is 2.37. The molecular formula is C16H15Cl2NO. The third kappa shape index (κ3) is 2.64. The molecule has 1 aliphatic rings. The molecule has 2 N–H and O–H groups in total.